The topological polar surface area (TPSA) is 132 Å². The third kappa shape index (κ3) is 6.08. The van der Waals surface area contributed by atoms with E-state index in [1.807, 2.05) is 0 Å². The summed E-state index contributed by atoms with van der Waals surface area (Å²) in [5, 5.41) is 8.12. The van der Waals surface area contributed by atoms with Crippen molar-refractivity contribution in [2.45, 2.75) is 57.0 Å². The van der Waals surface area contributed by atoms with E-state index in [0.717, 1.165) is 10.4 Å². The fourth-order valence-corrected chi connectivity index (χ4v) is 5.01. The number of hydrogen-bond acceptors (Lipinski definition) is 7. The van der Waals surface area contributed by atoms with E-state index >= 15 is 0 Å². The molecule has 210 valence electrons. The van der Waals surface area contributed by atoms with Crippen LogP contribution in [0.5, 0.6) is 5.75 Å². The zero-order valence-corrected chi connectivity index (χ0v) is 21.3. The minimum atomic E-state index is -4.86. The number of ether oxygens (including phenoxy) is 2. The highest BCUT2D eigenvalue weighted by molar-refractivity contribution is 7.92. The number of alkyl halides is 5. The van der Waals surface area contributed by atoms with E-state index in [-0.39, 0.29) is 40.6 Å². The largest absolute Gasteiger partial charge is 0.484 e. The molecule has 38 heavy (non-hydrogen) atoms. The molecule has 2 N–H and O–H groups in total. The average molecular weight is 570 g/mol. The van der Waals surface area contributed by atoms with E-state index in [2.05, 4.69) is 20.5 Å². The van der Waals surface area contributed by atoms with E-state index < -0.39 is 51.3 Å². The summed E-state index contributed by atoms with van der Waals surface area (Å²) in [5.41, 5.74) is -3.33. The van der Waals surface area contributed by atoms with E-state index in [1.165, 1.54) is 26.0 Å². The zero-order valence-electron chi connectivity index (χ0n) is 20.5. The van der Waals surface area contributed by atoms with Gasteiger partial charge in [0.1, 0.15) is 16.7 Å². The fourth-order valence-electron chi connectivity index (χ4n) is 3.35. The van der Waals surface area contributed by atoms with E-state index in [0.29, 0.717) is 20.0 Å². The molecule has 0 bridgehead atoms. The normalized spacial score (nSPS) is 16.1. The number of halogens is 5. The van der Waals surface area contributed by atoms with Gasteiger partial charge in [-0.2, -0.15) is 27.1 Å². The molecular formula is C21H24F5N5O6S. The van der Waals surface area contributed by atoms with Crippen molar-refractivity contribution in [2.75, 3.05) is 22.7 Å². The third-order valence-electron chi connectivity index (χ3n) is 5.39. The summed E-state index contributed by atoms with van der Waals surface area (Å²) in [6.07, 6.45) is -6.56. The number of nitrogens with zero attached hydrogens (tertiary/aromatic N) is 3. The van der Waals surface area contributed by atoms with Crippen LogP contribution >= 0.6 is 0 Å². The van der Waals surface area contributed by atoms with Crippen molar-refractivity contribution < 1.29 is 49.4 Å². The molecule has 0 saturated carbocycles. The molecule has 0 radical (unpaired) electrons. The Morgan fingerprint density at radius 1 is 1.26 bits per heavy atom. The number of benzene rings is 1. The molecule has 0 spiro atoms. The van der Waals surface area contributed by atoms with Crippen LogP contribution in [0.25, 0.3) is 0 Å². The molecule has 2 aromatic rings. The van der Waals surface area contributed by atoms with Crippen LogP contribution < -0.4 is 19.7 Å². The van der Waals surface area contributed by atoms with Crippen molar-refractivity contribution in [2.24, 2.45) is 0 Å². The Labute approximate surface area is 213 Å². The van der Waals surface area contributed by atoms with Gasteiger partial charge in [-0.25, -0.2) is 17.9 Å². The lowest BCUT2D eigenvalue weighted by atomic mass is 10.1. The molecule has 11 nitrogen and oxygen atoms in total. The molecule has 0 saturated heterocycles. The first-order chi connectivity index (χ1) is 17.4. The molecule has 1 aromatic heterocycles. The minimum absolute atomic E-state index is 0.0244. The number of carbonyl (C=O) groups is 2. The molecular weight excluding hydrogens is 545 g/mol. The Hall–Kier alpha value is -3.63. The van der Waals surface area contributed by atoms with Gasteiger partial charge in [0.25, 0.3) is 10.0 Å². The van der Waals surface area contributed by atoms with Crippen LogP contribution in [0.1, 0.15) is 33.0 Å². The third-order valence-corrected chi connectivity index (χ3v) is 7.27. The van der Waals surface area contributed by atoms with Crippen LogP contribution in [0.2, 0.25) is 0 Å². The van der Waals surface area contributed by atoms with Crippen molar-refractivity contribution in [1.82, 2.24) is 15.1 Å². The zero-order chi connectivity index (χ0) is 28.6. The Bertz CT molecular complexity index is 1330. The SMILES string of the molecule is CC(=O)NCC1CN(S(=O)(=O)c2cn(C(F)F)nc2C)c2cc(NC(=O)OC(C)(C)C(F)(F)F)ccc2O1. The lowest BCUT2D eigenvalue weighted by Crippen LogP contribution is -2.48. The van der Waals surface area contributed by atoms with Crippen molar-refractivity contribution in [3.8, 4) is 5.75 Å². The number of carbonyl (C=O) groups excluding carboxylic acids is 2. The minimum Gasteiger partial charge on any atom is -0.484 e. The summed E-state index contributed by atoms with van der Waals surface area (Å²) in [4.78, 5) is 23.0. The number of sulfonamides is 1. The summed E-state index contributed by atoms with van der Waals surface area (Å²) < 4.78 is 104. The van der Waals surface area contributed by atoms with Crippen molar-refractivity contribution in [3.05, 3.63) is 30.1 Å². The second kappa shape index (κ2) is 10.3. The fraction of sp³-hybridized carbons (Fsp3) is 0.476. The van der Waals surface area contributed by atoms with Crippen LogP contribution in [0.4, 0.5) is 38.1 Å². The maximum atomic E-state index is 13.6. The van der Waals surface area contributed by atoms with E-state index in [4.69, 9.17) is 4.74 Å². The van der Waals surface area contributed by atoms with Gasteiger partial charge in [0.2, 0.25) is 11.5 Å². The summed E-state index contributed by atoms with van der Waals surface area (Å²) in [6, 6.07) is 3.58. The van der Waals surface area contributed by atoms with Gasteiger partial charge >= 0.3 is 18.8 Å². The lowest BCUT2D eigenvalue weighted by Gasteiger charge is -2.35. The lowest BCUT2D eigenvalue weighted by molar-refractivity contribution is -0.242. The molecule has 3 rings (SSSR count). The van der Waals surface area contributed by atoms with Crippen LogP contribution in [-0.4, -0.2) is 61.2 Å². The number of aryl methyl sites for hydroxylation is 1. The Balaban J connectivity index is 1.99. The number of amides is 2. The Morgan fingerprint density at radius 2 is 1.92 bits per heavy atom. The molecule has 1 aliphatic heterocycles. The highest BCUT2D eigenvalue weighted by atomic mass is 32.2. The first kappa shape index (κ1) is 28.9. The van der Waals surface area contributed by atoms with Crippen molar-refractivity contribution in [3.63, 3.8) is 0 Å². The van der Waals surface area contributed by atoms with Gasteiger partial charge in [0, 0.05) is 12.6 Å². The first-order valence-corrected chi connectivity index (χ1v) is 12.3. The Kier molecular flexibility index (Phi) is 7.81. The number of aromatic nitrogens is 2. The number of rotatable bonds is 7. The van der Waals surface area contributed by atoms with Crippen LogP contribution in [-0.2, 0) is 19.6 Å². The highest BCUT2D eigenvalue weighted by Gasteiger charge is 2.51. The molecule has 2 heterocycles. The monoisotopic (exact) mass is 569 g/mol. The van der Waals surface area contributed by atoms with Gasteiger partial charge in [-0.1, -0.05) is 0 Å². The van der Waals surface area contributed by atoms with Gasteiger partial charge in [-0.15, -0.1) is 0 Å². The number of fused-ring (bicyclic) bond motifs is 1. The Morgan fingerprint density at radius 3 is 2.47 bits per heavy atom. The van der Waals surface area contributed by atoms with Gasteiger partial charge in [0.05, 0.1) is 30.7 Å². The van der Waals surface area contributed by atoms with E-state index in [9.17, 15) is 40.0 Å². The number of hydrogen-bond donors (Lipinski definition) is 2. The molecule has 1 atom stereocenters. The predicted molar refractivity (Wildman–Crippen MR) is 123 cm³/mol. The summed E-state index contributed by atoms with van der Waals surface area (Å²) >= 11 is 0. The van der Waals surface area contributed by atoms with Gasteiger partial charge in [-0.3, -0.25) is 14.4 Å². The summed E-state index contributed by atoms with van der Waals surface area (Å²) in [7, 11) is -4.55. The summed E-state index contributed by atoms with van der Waals surface area (Å²) in [6.45, 7) is 0.170. The number of anilines is 2. The molecule has 0 fully saturated rings. The maximum absolute atomic E-state index is 13.6. The smallest absolute Gasteiger partial charge is 0.427 e. The van der Waals surface area contributed by atoms with Gasteiger partial charge in [0.15, 0.2) is 0 Å². The molecule has 1 aliphatic rings. The second-order valence-electron chi connectivity index (χ2n) is 8.75. The standard InChI is InChI=1S/C21H24F5N5O6S/c1-11-17(10-30(29-11)18(22)23)38(34,35)31-9-14(8-27-12(2)32)36-16-6-5-13(7-15(16)31)28-19(33)37-20(3,4)21(24,25)26/h5-7,10,14,18H,8-9H2,1-4H3,(H,27,32)(H,28,33). The average Bonchev–Trinajstić information content (AvgIpc) is 3.18. The second-order valence-corrected chi connectivity index (χ2v) is 10.6. The highest BCUT2D eigenvalue weighted by Crippen LogP contribution is 2.40. The maximum Gasteiger partial charge on any atom is 0.427 e. The van der Waals surface area contributed by atoms with Gasteiger partial charge < -0.3 is 14.8 Å². The number of nitrogens with one attached hydrogen (secondary N) is 2. The van der Waals surface area contributed by atoms with Crippen LogP contribution in [0, 0.1) is 6.92 Å². The molecule has 1 aromatic carbocycles. The predicted octanol–water partition coefficient (Wildman–Crippen LogP) is 3.57. The van der Waals surface area contributed by atoms with Crippen LogP contribution in [0.15, 0.2) is 29.3 Å². The molecule has 1 unspecified atom stereocenters. The van der Waals surface area contributed by atoms with Gasteiger partial charge in [-0.05, 0) is 39.0 Å². The molecule has 0 aliphatic carbocycles. The van der Waals surface area contributed by atoms with Crippen LogP contribution in [0.3, 0.4) is 0 Å². The quantitative estimate of drug-likeness (QED) is 0.488. The van der Waals surface area contributed by atoms with Crippen molar-refractivity contribution in [1.29, 1.82) is 0 Å². The molecule has 2 amide bonds. The van der Waals surface area contributed by atoms with E-state index in [1.54, 1.807) is 0 Å². The van der Waals surface area contributed by atoms with Crippen molar-refractivity contribution >= 4 is 33.4 Å². The summed E-state index contributed by atoms with van der Waals surface area (Å²) in [5.74, 6) is -0.439. The first-order valence-electron chi connectivity index (χ1n) is 10.9. The molecule has 17 heteroatoms.